The smallest absolute Gasteiger partial charge is 0.503 e. The Morgan fingerprint density at radius 1 is 0.621 bits per heavy atom. The van der Waals surface area contributed by atoms with Crippen LogP contribution < -0.4 is 4.74 Å². The van der Waals surface area contributed by atoms with E-state index < -0.39 is 0 Å². The topological polar surface area (TPSA) is 44.3 Å². The van der Waals surface area contributed by atoms with Crippen LogP contribution in [0.3, 0.4) is 0 Å². The van der Waals surface area contributed by atoms with Gasteiger partial charge in [-0.05, 0) is 92.2 Å². The fraction of sp³-hybridized carbons (Fsp3) is 0.192. The van der Waals surface area contributed by atoms with Crippen molar-refractivity contribution >= 4 is 60.2 Å². The molecule has 5 nitrogen and oxygen atoms in total. The van der Waals surface area contributed by atoms with Crippen LogP contribution in [0.4, 0.5) is 0 Å². The number of aromatic nitrogens is 4. The number of ether oxygens (including phenoxy) is 1. The fourth-order valence-electron chi connectivity index (χ4n) is 8.65. The van der Waals surface area contributed by atoms with Gasteiger partial charge in [0.15, 0.2) is 0 Å². The zero-order chi connectivity index (χ0) is 39.2. The first-order valence-electron chi connectivity index (χ1n) is 20.0. The molecule has 0 atom stereocenters. The minimum atomic E-state index is -0.0173. The summed E-state index contributed by atoms with van der Waals surface area (Å²) in [6.45, 7) is 15.8. The van der Waals surface area contributed by atoms with Crippen LogP contribution in [0.2, 0.25) is 0 Å². The first-order chi connectivity index (χ1) is 27.5. The molecule has 10 aromatic rings. The van der Waals surface area contributed by atoms with Gasteiger partial charge < -0.3 is 13.7 Å². The third-order valence-electron chi connectivity index (χ3n) is 11.5. The van der Waals surface area contributed by atoms with E-state index in [1.165, 1.54) is 27.8 Å². The van der Waals surface area contributed by atoms with E-state index in [1.54, 1.807) is 0 Å². The SMILES string of the molecule is CC(C)c1cccc(C(C)C)c1-c1ccc2c3ccc(Oc4[c-]c5c(cc4)c4ccccc4n5-c4cc(C(C)(C)C)ccn4)[c-]c3c3nc4ccccc4n3c2c1.[Pd+2]. The molecular formula is C52H44N4OPd. The Labute approximate surface area is 353 Å². The monoisotopic (exact) mass is 846 g/mol. The maximum Gasteiger partial charge on any atom is 2.00 e. The van der Waals surface area contributed by atoms with Crippen molar-refractivity contribution in [2.75, 3.05) is 0 Å². The molecule has 0 saturated heterocycles. The van der Waals surface area contributed by atoms with Crippen molar-refractivity contribution in [3.63, 3.8) is 0 Å². The van der Waals surface area contributed by atoms with Crippen LogP contribution in [0, 0.1) is 12.1 Å². The number of imidazole rings is 1. The quantitative estimate of drug-likeness (QED) is 0.0951. The maximum atomic E-state index is 6.66. The summed E-state index contributed by atoms with van der Waals surface area (Å²) in [6, 6.07) is 50.4. The molecule has 0 aliphatic heterocycles. The zero-order valence-electron chi connectivity index (χ0n) is 33.8. The second kappa shape index (κ2) is 14.2. The molecule has 0 radical (unpaired) electrons. The van der Waals surface area contributed by atoms with E-state index >= 15 is 0 Å². The normalized spacial score (nSPS) is 12.2. The molecule has 6 heteroatoms. The van der Waals surface area contributed by atoms with Gasteiger partial charge in [-0.25, -0.2) is 4.98 Å². The predicted molar refractivity (Wildman–Crippen MR) is 236 cm³/mol. The van der Waals surface area contributed by atoms with Gasteiger partial charge in [0.05, 0.1) is 16.7 Å². The Bertz CT molecular complexity index is 3190. The van der Waals surface area contributed by atoms with Crippen LogP contribution >= 0.6 is 0 Å². The van der Waals surface area contributed by atoms with Gasteiger partial charge in [-0.15, -0.1) is 29.7 Å². The summed E-state index contributed by atoms with van der Waals surface area (Å²) in [7, 11) is 0. The second-order valence-electron chi connectivity index (χ2n) is 16.9. The van der Waals surface area contributed by atoms with E-state index in [0.29, 0.717) is 23.3 Å². The van der Waals surface area contributed by atoms with Crippen molar-refractivity contribution in [1.29, 1.82) is 0 Å². The van der Waals surface area contributed by atoms with E-state index in [-0.39, 0.29) is 25.8 Å². The minimum absolute atomic E-state index is 0. The summed E-state index contributed by atoms with van der Waals surface area (Å²) < 4.78 is 11.2. The predicted octanol–water partition coefficient (Wildman–Crippen LogP) is 13.9. The van der Waals surface area contributed by atoms with Crippen LogP contribution in [0.5, 0.6) is 11.5 Å². The van der Waals surface area contributed by atoms with Crippen LogP contribution in [0.25, 0.3) is 77.1 Å². The number of rotatable bonds is 6. The fourth-order valence-corrected chi connectivity index (χ4v) is 8.65. The first kappa shape index (κ1) is 37.8. The molecule has 0 amide bonds. The van der Waals surface area contributed by atoms with Gasteiger partial charge in [0, 0.05) is 28.7 Å². The van der Waals surface area contributed by atoms with Crippen LogP contribution in [-0.2, 0) is 25.8 Å². The molecule has 0 saturated carbocycles. The largest absolute Gasteiger partial charge is 2.00 e. The molecule has 0 fully saturated rings. The average Bonchev–Trinajstić information content (AvgIpc) is 3.76. The number of fused-ring (bicyclic) bond motifs is 11. The molecule has 4 heterocycles. The Balaban J connectivity index is 0.00000436. The minimum Gasteiger partial charge on any atom is -0.503 e. The summed E-state index contributed by atoms with van der Waals surface area (Å²) in [4.78, 5) is 10.1. The van der Waals surface area contributed by atoms with Gasteiger partial charge in [0.2, 0.25) is 0 Å². The molecule has 10 rings (SSSR count). The molecule has 288 valence electrons. The summed E-state index contributed by atoms with van der Waals surface area (Å²) >= 11 is 0. The summed E-state index contributed by atoms with van der Waals surface area (Å²) in [6.07, 6.45) is 1.90. The Morgan fingerprint density at radius 2 is 1.28 bits per heavy atom. The van der Waals surface area contributed by atoms with Gasteiger partial charge in [-0.1, -0.05) is 131 Å². The van der Waals surface area contributed by atoms with Crippen molar-refractivity contribution < 1.29 is 25.2 Å². The van der Waals surface area contributed by atoms with Crippen LogP contribution in [0.15, 0.2) is 128 Å². The molecular weight excluding hydrogens is 803 g/mol. The number of para-hydroxylation sites is 3. The number of nitrogens with zero attached hydrogens (tertiary/aromatic N) is 4. The standard InChI is InChI=1S/C52H44N4O.Pd/c1-31(2)37-14-12-15-38(32(3)4)50(37)33-19-22-41-39-23-20-35(29-43(39)51-54-44-16-9-11-18-46(44)56(51)47(41)27-33)57-36-21-24-42-40-13-8-10-17-45(40)55(48(42)30-36)49-28-34(25-26-53-49)52(5,6)7;/h8-28,31-32H,1-7H3;/q-2;+2. The Hall–Kier alpha value is -5.80. The number of hydrogen-bond acceptors (Lipinski definition) is 3. The molecule has 58 heavy (non-hydrogen) atoms. The van der Waals surface area contributed by atoms with Crippen LogP contribution in [-0.4, -0.2) is 18.9 Å². The van der Waals surface area contributed by atoms with Gasteiger partial charge >= 0.3 is 20.4 Å². The zero-order valence-corrected chi connectivity index (χ0v) is 35.3. The third kappa shape index (κ3) is 6.10. The molecule has 0 aliphatic rings. The number of pyridine rings is 2. The Kier molecular flexibility index (Phi) is 9.27. The molecule has 0 unspecified atom stereocenters. The van der Waals surface area contributed by atoms with E-state index in [0.717, 1.165) is 66.0 Å². The van der Waals surface area contributed by atoms with Crippen molar-refractivity contribution in [2.24, 2.45) is 0 Å². The summed E-state index contributed by atoms with van der Waals surface area (Å²) in [5.74, 6) is 2.85. The first-order valence-corrected chi connectivity index (χ1v) is 20.0. The van der Waals surface area contributed by atoms with Crippen molar-refractivity contribution in [3.05, 3.63) is 156 Å². The van der Waals surface area contributed by atoms with Gasteiger partial charge in [0.1, 0.15) is 5.82 Å². The van der Waals surface area contributed by atoms with E-state index in [4.69, 9.17) is 14.7 Å². The molecule has 0 spiro atoms. The molecule has 6 aromatic carbocycles. The Morgan fingerprint density at radius 3 is 2.02 bits per heavy atom. The van der Waals surface area contributed by atoms with E-state index in [2.05, 4.69) is 179 Å². The molecule has 4 aromatic heterocycles. The molecule has 0 aliphatic carbocycles. The third-order valence-corrected chi connectivity index (χ3v) is 11.5. The second-order valence-corrected chi connectivity index (χ2v) is 16.9. The van der Waals surface area contributed by atoms with Gasteiger partial charge in [-0.3, -0.25) is 4.98 Å². The van der Waals surface area contributed by atoms with Gasteiger partial charge in [-0.2, -0.15) is 6.07 Å². The van der Waals surface area contributed by atoms with Gasteiger partial charge in [0.25, 0.3) is 0 Å². The number of hydrogen-bond donors (Lipinski definition) is 0. The van der Waals surface area contributed by atoms with E-state index in [9.17, 15) is 0 Å². The molecule has 0 N–H and O–H groups in total. The number of benzene rings is 6. The van der Waals surface area contributed by atoms with E-state index in [1.807, 2.05) is 18.3 Å². The van der Waals surface area contributed by atoms with Crippen LogP contribution in [0.1, 0.15) is 77.0 Å². The average molecular weight is 847 g/mol. The summed E-state index contributed by atoms with van der Waals surface area (Å²) in [5.41, 5.74) is 12.5. The van der Waals surface area contributed by atoms with Crippen molar-refractivity contribution in [2.45, 2.75) is 65.7 Å². The van der Waals surface area contributed by atoms with Crippen molar-refractivity contribution in [1.82, 2.24) is 18.9 Å². The maximum absolute atomic E-state index is 6.66. The molecule has 0 bridgehead atoms. The summed E-state index contributed by atoms with van der Waals surface area (Å²) in [5, 5.41) is 5.37. The van der Waals surface area contributed by atoms with Crippen molar-refractivity contribution in [3.8, 4) is 28.4 Å².